The molecule has 2 heterocycles. The minimum Gasteiger partial charge on any atom is -0.504 e. The van der Waals surface area contributed by atoms with E-state index in [0.717, 1.165) is 31.7 Å². The Labute approximate surface area is 184 Å². The molecule has 1 aromatic carbocycles. The average molecular weight is 424 g/mol. The first-order valence-corrected chi connectivity index (χ1v) is 12.1. The van der Waals surface area contributed by atoms with Crippen LogP contribution < -0.4 is 4.74 Å². The third kappa shape index (κ3) is 1.72. The lowest BCUT2D eigenvalue weighted by molar-refractivity contribution is -0.187. The second-order valence-corrected chi connectivity index (χ2v) is 11.7. The van der Waals surface area contributed by atoms with Crippen LogP contribution in [-0.4, -0.2) is 53.7 Å². The fourth-order valence-electron chi connectivity index (χ4n) is 9.42. The molecular weight excluding hydrogens is 390 g/mol. The van der Waals surface area contributed by atoms with Crippen LogP contribution >= 0.6 is 0 Å². The number of benzene rings is 1. The summed E-state index contributed by atoms with van der Waals surface area (Å²) in [4.78, 5) is 16.0. The first-order chi connectivity index (χ1) is 14.8. The number of carbonyl (C=O) groups is 1. The number of fused-ring (bicyclic) bond motifs is 2. The van der Waals surface area contributed by atoms with Crippen molar-refractivity contribution in [3.05, 3.63) is 23.3 Å². The number of ketones is 1. The van der Waals surface area contributed by atoms with E-state index >= 15 is 0 Å². The van der Waals surface area contributed by atoms with Crippen molar-refractivity contribution in [3.8, 4) is 11.5 Å². The molecule has 7 atom stereocenters. The fraction of sp³-hybridized carbons (Fsp3) is 0.731. The molecule has 1 saturated heterocycles. The van der Waals surface area contributed by atoms with Crippen LogP contribution in [0.15, 0.2) is 12.1 Å². The minimum atomic E-state index is -0.609. The van der Waals surface area contributed by atoms with E-state index in [1.54, 1.807) is 20.1 Å². The molecule has 31 heavy (non-hydrogen) atoms. The van der Waals surface area contributed by atoms with Crippen molar-refractivity contribution < 1.29 is 19.4 Å². The van der Waals surface area contributed by atoms with Crippen LogP contribution in [0.4, 0.5) is 0 Å². The monoisotopic (exact) mass is 423 g/mol. The molecule has 7 rings (SSSR count). The molecule has 1 spiro atoms. The lowest BCUT2D eigenvalue weighted by atomic mass is 9.42. The predicted molar refractivity (Wildman–Crippen MR) is 115 cm³/mol. The smallest absolute Gasteiger partial charge is 0.165 e. The van der Waals surface area contributed by atoms with Gasteiger partial charge in [-0.25, -0.2) is 0 Å². The molecule has 4 aliphatic carbocycles. The topological polar surface area (TPSA) is 59.0 Å². The van der Waals surface area contributed by atoms with E-state index in [0.29, 0.717) is 11.8 Å². The number of Topliss-reactive ketones (excluding diaryl/α,β-unsaturated/α-hetero) is 1. The molecule has 4 fully saturated rings. The molecule has 5 nitrogen and oxygen atoms in total. The van der Waals surface area contributed by atoms with Crippen LogP contribution in [0.1, 0.15) is 57.6 Å². The molecule has 1 aromatic rings. The zero-order chi connectivity index (χ0) is 21.6. The Hall–Kier alpha value is -1.59. The van der Waals surface area contributed by atoms with Gasteiger partial charge in [0.1, 0.15) is 17.5 Å². The van der Waals surface area contributed by atoms with Crippen molar-refractivity contribution in [2.24, 2.45) is 22.7 Å². The van der Waals surface area contributed by atoms with Gasteiger partial charge in [0.2, 0.25) is 0 Å². The molecule has 0 radical (unpaired) electrons. The Morgan fingerprint density at radius 1 is 1.35 bits per heavy atom. The molecule has 0 amide bonds. The van der Waals surface area contributed by atoms with Gasteiger partial charge in [-0.15, -0.1) is 0 Å². The number of ether oxygens (including phenoxy) is 2. The van der Waals surface area contributed by atoms with E-state index in [9.17, 15) is 9.90 Å². The lowest BCUT2D eigenvalue weighted by Gasteiger charge is -2.66. The number of carbonyl (C=O) groups excluding carboxylic acids is 1. The van der Waals surface area contributed by atoms with Crippen molar-refractivity contribution in [2.75, 3.05) is 20.2 Å². The maximum Gasteiger partial charge on any atom is 0.165 e. The van der Waals surface area contributed by atoms with Gasteiger partial charge in [0.15, 0.2) is 11.5 Å². The number of methoxy groups -OCH3 is 1. The van der Waals surface area contributed by atoms with E-state index in [4.69, 9.17) is 9.47 Å². The summed E-state index contributed by atoms with van der Waals surface area (Å²) >= 11 is 0. The number of hydrogen-bond acceptors (Lipinski definition) is 5. The minimum absolute atomic E-state index is 0.0880. The molecule has 2 bridgehead atoms. The molecule has 1 N–H and O–H groups in total. The van der Waals surface area contributed by atoms with E-state index in [1.807, 2.05) is 0 Å². The highest BCUT2D eigenvalue weighted by atomic mass is 16.6. The van der Waals surface area contributed by atoms with E-state index in [2.05, 4.69) is 24.8 Å². The SMILES string of the molecule is CO[C@]12[C@H](C)[C@@]1(C(C)=O)C[C@]1(C)[C@H]3Cc4ccc(O)c5c4[C@@]1(CCN3CC1CC1)[C@H]2O5. The number of phenolic OH excluding ortho intramolecular Hbond substituents is 1. The number of hydrogen-bond donors (Lipinski definition) is 1. The maximum atomic E-state index is 13.3. The number of phenols is 1. The summed E-state index contributed by atoms with van der Waals surface area (Å²) in [6, 6.07) is 4.33. The molecule has 2 aliphatic heterocycles. The molecule has 3 saturated carbocycles. The third-order valence-corrected chi connectivity index (χ3v) is 10.9. The Bertz CT molecular complexity index is 1030. The van der Waals surface area contributed by atoms with Gasteiger partial charge in [-0.1, -0.05) is 19.9 Å². The van der Waals surface area contributed by atoms with E-state index in [1.165, 1.54) is 30.5 Å². The summed E-state index contributed by atoms with van der Waals surface area (Å²) in [5.41, 5.74) is 1.15. The number of rotatable bonds is 4. The summed E-state index contributed by atoms with van der Waals surface area (Å²) in [5, 5.41) is 10.8. The standard InChI is InChI=1S/C26H33NO4/c1-14-25(15(2)28)13-23(3)19-11-17-7-8-18(29)21-20(17)24(23,22(31-21)26(14,25)30-4)9-10-27(19)12-16-5-6-16/h7-8,14,16,19,22,29H,5-6,9-13H2,1-4H3/t14-,19-,22-,23-,24+,25-,26+/m1/s1. The van der Waals surface area contributed by atoms with Crippen LogP contribution in [0.5, 0.6) is 11.5 Å². The lowest BCUT2D eigenvalue weighted by Crippen LogP contribution is -2.74. The first kappa shape index (κ1) is 18.9. The number of likely N-dealkylation sites (tertiary alicyclic amines) is 1. The van der Waals surface area contributed by atoms with Crippen molar-refractivity contribution in [1.82, 2.24) is 4.90 Å². The second-order valence-electron chi connectivity index (χ2n) is 11.7. The van der Waals surface area contributed by atoms with Crippen molar-refractivity contribution in [2.45, 2.75) is 76.0 Å². The van der Waals surface area contributed by atoms with Gasteiger partial charge in [-0.3, -0.25) is 9.69 Å². The molecule has 6 aliphatic rings. The van der Waals surface area contributed by atoms with Crippen molar-refractivity contribution in [3.63, 3.8) is 0 Å². The zero-order valence-electron chi connectivity index (χ0n) is 19.0. The van der Waals surface area contributed by atoms with Crippen molar-refractivity contribution >= 4 is 5.78 Å². The largest absolute Gasteiger partial charge is 0.504 e. The summed E-state index contributed by atoms with van der Waals surface area (Å²) in [7, 11) is 1.76. The summed E-state index contributed by atoms with van der Waals surface area (Å²) in [6.07, 6.45) is 5.32. The van der Waals surface area contributed by atoms with Gasteiger partial charge in [-0.2, -0.15) is 0 Å². The van der Waals surface area contributed by atoms with Gasteiger partial charge < -0.3 is 14.6 Å². The average Bonchev–Trinajstić information content (AvgIpc) is 3.59. The Morgan fingerprint density at radius 2 is 2.13 bits per heavy atom. The van der Waals surface area contributed by atoms with E-state index < -0.39 is 11.0 Å². The van der Waals surface area contributed by atoms with Gasteiger partial charge in [0, 0.05) is 36.6 Å². The van der Waals surface area contributed by atoms with Crippen LogP contribution in [0, 0.1) is 22.7 Å². The first-order valence-electron chi connectivity index (χ1n) is 12.1. The van der Waals surface area contributed by atoms with Gasteiger partial charge >= 0.3 is 0 Å². The number of aromatic hydroxyl groups is 1. The van der Waals surface area contributed by atoms with Crippen LogP contribution in [0.2, 0.25) is 0 Å². The van der Waals surface area contributed by atoms with Crippen LogP contribution in [0.3, 0.4) is 0 Å². The Kier molecular flexibility index (Phi) is 3.24. The number of piperidine rings is 1. The molecule has 166 valence electrons. The zero-order valence-corrected chi connectivity index (χ0v) is 19.0. The van der Waals surface area contributed by atoms with E-state index in [-0.39, 0.29) is 34.4 Å². The summed E-state index contributed by atoms with van der Waals surface area (Å²) in [6.45, 7) is 8.61. The molecule has 5 heteroatoms. The van der Waals surface area contributed by atoms with Crippen LogP contribution in [0.25, 0.3) is 0 Å². The van der Waals surface area contributed by atoms with Gasteiger partial charge in [0.25, 0.3) is 0 Å². The highest BCUT2D eigenvalue weighted by Crippen LogP contribution is 2.83. The quantitative estimate of drug-likeness (QED) is 0.804. The van der Waals surface area contributed by atoms with Crippen molar-refractivity contribution in [1.29, 1.82) is 0 Å². The predicted octanol–water partition coefficient (Wildman–Crippen LogP) is 3.45. The summed E-state index contributed by atoms with van der Waals surface area (Å²) in [5.74, 6) is 2.09. The Balaban J connectivity index is 1.50. The highest BCUT2D eigenvalue weighted by molar-refractivity contribution is 5.90. The molecule has 0 unspecified atom stereocenters. The molecule has 0 aromatic heterocycles. The second kappa shape index (κ2) is 5.31. The Morgan fingerprint density at radius 3 is 2.81 bits per heavy atom. The highest BCUT2D eigenvalue weighted by Gasteiger charge is 2.92. The fourth-order valence-corrected chi connectivity index (χ4v) is 9.42. The maximum absolute atomic E-state index is 13.3. The van der Waals surface area contributed by atoms with Crippen LogP contribution in [-0.2, 0) is 21.4 Å². The third-order valence-electron chi connectivity index (χ3n) is 10.9. The number of nitrogens with zero attached hydrogens (tertiary/aromatic N) is 1. The van der Waals surface area contributed by atoms with Gasteiger partial charge in [0.05, 0.1) is 5.41 Å². The van der Waals surface area contributed by atoms with Gasteiger partial charge in [-0.05, 0) is 68.5 Å². The summed E-state index contributed by atoms with van der Waals surface area (Å²) < 4.78 is 13.1. The molecular formula is C26H33NO4. The normalized spacial score (nSPS) is 48.6.